The lowest BCUT2D eigenvalue weighted by Crippen LogP contribution is -2.30. The fraction of sp³-hybridized carbons (Fsp3) is 0.948. The number of unbranched alkanes of at least 4 members (excludes halogenated alkanes) is 36. The quantitative estimate of drug-likeness (QED) is 0.0344. The third-order valence-corrected chi connectivity index (χ3v) is 13.6. The number of rotatable bonds is 52. The first kappa shape index (κ1) is 62.4. The first-order chi connectivity index (χ1) is 31.3. The second-order valence-electron chi connectivity index (χ2n) is 20.6. The highest BCUT2D eigenvalue weighted by molar-refractivity contribution is 5.71. The van der Waals surface area contributed by atoms with E-state index in [-0.39, 0.29) is 31.1 Å². The average Bonchev–Trinajstić information content (AvgIpc) is 3.28. The van der Waals surface area contributed by atoms with Crippen LogP contribution in [0.5, 0.6) is 0 Å². The predicted molar refractivity (Wildman–Crippen MR) is 275 cm³/mol. The molecule has 64 heavy (non-hydrogen) atoms. The molecule has 380 valence electrons. The zero-order valence-corrected chi connectivity index (χ0v) is 43.9. The monoisotopic (exact) mass is 905 g/mol. The highest BCUT2D eigenvalue weighted by atomic mass is 16.6. The van der Waals surface area contributed by atoms with Crippen LogP contribution in [0.3, 0.4) is 0 Å². The van der Waals surface area contributed by atoms with E-state index < -0.39 is 6.10 Å². The van der Waals surface area contributed by atoms with Gasteiger partial charge in [0.1, 0.15) is 13.2 Å². The molecule has 0 N–H and O–H groups in total. The summed E-state index contributed by atoms with van der Waals surface area (Å²) < 4.78 is 16.9. The summed E-state index contributed by atoms with van der Waals surface area (Å²) in [6, 6.07) is 0. The molecule has 0 aromatic carbocycles. The third-order valence-electron chi connectivity index (χ3n) is 13.6. The van der Waals surface area contributed by atoms with Crippen molar-refractivity contribution in [3.8, 4) is 0 Å². The van der Waals surface area contributed by atoms with E-state index in [1.54, 1.807) is 0 Å². The van der Waals surface area contributed by atoms with Crippen LogP contribution in [0.4, 0.5) is 0 Å². The zero-order valence-electron chi connectivity index (χ0n) is 43.9. The van der Waals surface area contributed by atoms with Crippen molar-refractivity contribution in [2.24, 2.45) is 11.8 Å². The second-order valence-corrected chi connectivity index (χ2v) is 20.6. The Labute approximate surface area is 399 Å². The molecule has 0 saturated carbocycles. The van der Waals surface area contributed by atoms with Gasteiger partial charge in [0.25, 0.3) is 0 Å². The molecule has 0 heterocycles. The molecule has 0 rings (SSSR count). The van der Waals surface area contributed by atoms with Crippen LogP contribution < -0.4 is 0 Å². The number of carbonyl (C=O) groups excluding carboxylic acids is 3. The standard InChI is InChI=1S/C58H112O6/c1-6-8-9-10-11-12-13-14-15-16-17-18-19-20-21-28-33-38-43-48-56(59)62-51-55(52-63-57(60)49-44-39-34-29-24-22-26-31-36-41-46-53(3)4)64-58(61)50-45-40-35-30-25-23-27-32-37-42-47-54(5)7-2/h53-55H,6-52H2,1-5H3/t54?,55-/m1/s1. The van der Waals surface area contributed by atoms with Crippen molar-refractivity contribution in [1.29, 1.82) is 0 Å². The summed E-state index contributed by atoms with van der Waals surface area (Å²) in [5.41, 5.74) is 0. The van der Waals surface area contributed by atoms with Crippen molar-refractivity contribution in [1.82, 2.24) is 0 Å². The Morgan fingerprint density at radius 1 is 0.328 bits per heavy atom. The lowest BCUT2D eigenvalue weighted by molar-refractivity contribution is -0.167. The minimum absolute atomic E-state index is 0.0632. The van der Waals surface area contributed by atoms with Crippen LogP contribution >= 0.6 is 0 Å². The second kappa shape index (κ2) is 50.8. The number of carbonyl (C=O) groups is 3. The SMILES string of the molecule is CCCCCCCCCCCCCCCCCCCCCC(=O)OC[C@H](COC(=O)CCCCCCCCCCCCC(C)C)OC(=O)CCCCCCCCCCCCC(C)CC. The van der Waals surface area contributed by atoms with Gasteiger partial charge in [-0.25, -0.2) is 0 Å². The van der Waals surface area contributed by atoms with Gasteiger partial charge in [0, 0.05) is 19.3 Å². The molecule has 0 saturated heterocycles. The van der Waals surface area contributed by atoms with Gasteiger partial charge in [-0.05, 0) is 31.1 Å². The first-order valence-electron chi connectivity index (χ1n) is 28.8. The molecule has 1 unspecified atom stereocenters. The Bertz CT molecular complexity index is 980. The lowest BCUT2D eigenvalue weighted by atomic mass is 9.99. The molecule has 0 radical (unpaired) electrons. The van der Waals surface area contributed by atoms with Gasteiger partial charge in [-0.1, -0.05) is 285 Å². The van der Waals surface area contributed by atoms with Crippen LogP contribution in [0.1, 0.15) is 324 Å². The van der Waals surface area contributed by atoms with Crippen LogP contribution in [-0.4, -0.2) is 37.2 Å². The van der Waals surface area contributed by atoms with Crippen molar-refractivity contribution < 1.29 is 28.6 Å². The van der Waals surface area contributed by atoms with E-state index in [0.717, 1.165) is 69.6 Å². The summed E-state index contributed by atoms with van der Waals surface area (Å²) in [6.45, 7) is 11.4. The van der Waals surface area contributed by atoms with Gasteiger partial charge in [-0.2, -0.15) is 0 Å². The van der Waals surface area contributed by atoms with Crippen molar-refractivity contribution in [2.75, 3.05) is 13.2 Å². The van der Waals surface area contributed by atoms with E-state index in [0.29, 0.717) is 19.3 Å². The van der Waals surface area contributed by atoms with Gasteiger partial charge >= 0.3 is 17.9 Å². The molecule has 0 bridgehead atoms. The molecule has 0 amide bonds. The molecule has 0 aromatic rings. The maximum atomic E-state index is 12.8. The molecule has 0 spiro atoms. The minimum atomic E-state index is -0.763. The summed E-state index contributed by atoms with van der Waals surface area (Å²) >= 11 is 0. The summed E-state index contributed by atoms with van der Waals surface area (Å²) in [5.74, 6) is 0.843. The maximum Gasteiger partial charge on any atom is 0.306 e. The Balaban J connectivity index is 4.28. The fourth-order valence-electron chi connectivity index (χ4n) is 8.84. The maximum absolute atomic E-state index is 12.8. The Hall–Kier alpha value is -1.59. The predicted octanol–water partition coefficient (Wildman–Crippen LogP) is 18.9. The topological polar surface area (TPSA) is 78.9 Å². The van der Waals surface area contributed by atoms with Gasteiger partial charge in [-0.3, -0.25) is 14.4 Å². The molecule has 0 aliphatic rings. The van der Waals surface area contributed by atoms with E-state index >= 15 is 0 Å². The summed E-state index contributed by atoms with van der Waals surface area (Å²) in [7, 11) is 0. The van der Waals surface area contributed by atoms with Gasteiger partial charge in [-0.15, -0.1) is 0 Å². The van der Waals surface area contributed by atoms with Crippen molar-refractivity contribution in [3.05, 3.63) is 0 Å². The molecule has 0 fully saturated rings. The van der Waals surface area contributed by atoms with Crippen LogP contribution in [0.2, 0.25) is 0 Å². The lowest BCUT2D eigenvalue weighted by Gasteiger charge is -2.18. The molecule has 2 atom stereocenters. The molecule has 6 heteroatoms. The minimum Gasteiger partial charge on any atom is -0.462 e. The zero-order chi connectivity index (χ0) is 46.8. The normalized spacial score (nSPS) is 12.5. The Morgan fingerprint density at radius 2 is 0.594 bits per heavy atom. The van der Waals surface area contributed by atoms with Crippen molar-refractivity contribution in [3.63, 3.8) is 0 Å². The van der Waals surface area contributed by atoms with Gasteiger partial charge < -0.3 is 14.2 Å². The number of hydrogen-bond donors (Lipinski definition) is 0. The summed E-state index contributed by atoms with van der Waals surface area (Å²) in [5, 5.41) is 0. The highest BCUT2D eigenvalue weighted by Gasteiger charge is 2.19. The van der Waals surface area contributed by atoms with E-state index in [1.807, 2.05) is 0 Å². The number of esters is 3. The average molecular weight is 906 g/mol. The summed E-state index contributed by atoms with van der Waals surface area (Å²) in [6.07, 6.45) is 53.8. The highest BCUT2D eigenvalue weighted by Crippen LogP contribution is 2.18. The number of hydrogen-bond acceptors (Lipinski definition) is 6. The molecule has 0 aromatic heterocycles. The van der Waals surface area contributed by atoms with Crippen LogP contribution in [-0.2, 0) is 28.6 Å². The molecular formula is C58H112O6. The fourth-order valence-corrected chi connectivity index (χ4v) is 8.84. The Morgan fingerprint density at radius 3 is 0.891 bits per heavy atom. The summed E-state index contributed by atoms with van der Waals surface area (Å²) in [4.78, 5) is 38.1. The van der Waals surface area contributed by atoms with Crippen LogP contribution in [0.25, 0.3) is 0 Å². The molecule has 0 aliphatic carbocycles. The molecule has 6 nitrogen and oxygen atoms in total. The van der Waals surface area contributed by atoms with Crippen LogP contribution in [0.15, 0.2) is 0 Å². The Kier molecular flexibility index (Phi) is 49.6. The van der Waals surface area contributed by atoms with E-state index in [4.69, 9.17) is 14.2 Å². The largest absolute Gasteiger partial charge is 0.462 e. The van der Waals surface area contributed by atoms with E-state index in [2.05, 4.69) is 34.6 Å². The van der Waals surface area contributed by atoms with Gasteiger partial charge in [0.2, 0.25) is 0 Å². The molecule has 0 aliphatic heterocycles. The van der Waals surface area contributed by atoms with Gasteiger partial charge in [0.15, 0.2) is 6.10 Å². The first-order valence-corrected chi connectivity index (χ1v) is 28.8. The van der Waals surface area contributed by atoms with Crippen molar-refractivity contribution in [2.45, 2.75) is 330 Å². The number of ether oxygens (including phenoxy) is 3. The smallest absolute Gasteiger partial charge is 0.306 e. The van der Waals surface area contributed by atoms with Crippen molar-refractivity contribution >= 4 is 17.9 Å². The van der Waals surface area contributed by atoms with Gasteiger partial charge in [0.05, 0.1) is 0 Å². The third kappa shape index (κ3) is 49.8. The van der Waals surface area contributed by atoms with E-state index in [9.17, 15) is 14.4 Å². The van der Waals surface area contributed by atoms with Crippen LogP contribution in [0, 0.1) is 11.8 Å². The molecular weight excluding hydrogens is 793 g/mol. The van der Waals surface area contributed by atoms with E-state index in [1.165, 1.54) is 212 Å².